The van der Waals surface area contributed by atoms with E-state index in [0.717, 1.165) is 25.9 Å². The lowest BCUT2D eigenvalue weighted by molar-refractivity contribution is 0.315. The molecule has 6 heteroatoms. The smallest absolute Gasteiger partial charge is 0.186 e. The second-order valence-electron chi connectivity index (χ2n) is 6.62. The number of anilines is 1. The van der Waals surface area contributed by atoms with Crippen LogP contribution in [0, 0.1) is 0 Å². The molecule has 22 heavy (non-hydrogen) atoms. The fraction of sp³-hybridized carbons (Fsp3) is 0.625. The molecular weight excluding hydrogens is 294 g/mol. The Bertz CT molecular complexity index is 687. The predicted octanol–water partition coefficient (Wildman–Crippen LogP) is 2.17. The Morgan fingerprint density at radius 1 is 1.32 bits per heavy atom. The van der Waals surface area contributed by atoms with Gasteiger partial charge >= 0.3 is 0 Å². The summed E-state index contributed by atoms with van der Waals surface area (Å²) in [6.45, 7) is 2.21. The Balaban J connectivity index is 1.68. The van der Waals surface area contributed by atoms with E-state index in [2.05, 4.69) is 29.0 Å². The van der Waals surface area contributed by atoms with Crippen LogP contribution in [-0.2, 0) is 19.9 Å². The molecule has 2 aliphatic rings. The SMILES string of the molecule is CN(C)C1CCN(c2nc3c(s2)-c2c(cnn2C)CCC3)C1. The Morgan fingerprint density at radius 3 is 2.95 bits per heavy atom. The first-order valence-corrected chi connectivity index (χ1v) is 8.87. The summed E-state index contributed by atoms with van der Waals surface area (Å²) in [5.41, 5.74) is 3.94. The molecule has 0 amide bonds. The standard InChI is InChI=1S/C16H23N5S/c1-19(2)12-7-8-21(10-12)16-18-13-6-4-5-11-9-17-20(3)14(11)15(13)22-16/h9,12H,4-8,10H2,1-3H3. The van der Waals surface area contributed by atoms with Crippen molar-refractivity contribution in [2.75, 3.05) is 32.1 Å². The van der Waals surface area contributed by atoms with Crippen LogP contribution in [0.15, 0.2) is 6.20 Å². The summed E-state index contributed by atoms with van der Waals surface area (Å²) in [5.74, 6) is 0. The summed E-state index contributed by atoms with van der Waals surface area (Å²) in [6, 6.07) is 0.649. The third kappa shape index (κ3) is 2.25. The van der Waals surface area contributed by atoms with Crippen molar-refractivity contribution in [2.45, 2.75) is 31.7 Å². The van der Waals surface area contributed by atoms with Crippen LogP contribution in [0.25, 0.3) is 10.6 Å². The Labute approximate surface area is 135 Å². The van der Waals surface area contributed by atoms with Crippen molar-refractivity contribution in [3.05, 3.63) is 17.5 Å². The van der Waals surface area contributed by atoms with Crippen molar-refractivity contribution in [3.63, 3.8) is 0 Å². The lowest BCUT2D eigenvalue weighted by Gasteiger charge is -2.19. The fourth-order valence-electron chi connectivity index (χ4n) is 3.57. The normalized spacial score (nSPS) is 21.1. The number of aryl methyl sites for hydroxylation is 3. The highest BCUT2D eigenvalue weighted by Gasteiger charge is 2.29. The topological polar surface area (TPSA) is 37.2 Å². The van der Waals surface area contributed by atoms with Crippen LogP contribution < -0.4 is 4.90 Å². The molecule has 5 nitrogen and oxygen atoms in total. The number of rotatable bonds is 2. The van der Waals surface area contributed by atoms with Crippen LogP contribution in [-0.4, -0.2) is 52.9 Å². The Kier molecular flexibility index (Phi) is 3.46. The molecule has 0 N–H and O–H groups in total. The van der Waals surface area contributed by atoms with Crippen LogP contribution in [0.2, 0.25) is 0 Å². The minimum absolute atomic E-state index is 0.649. The average molecular weight is 317 g/mol. The van der Waals surface area contributed by atoms with Gasteiger partial charge in [0.25, 0.3) is 0 Å². The Hall–Kier alpha value is -1.40. The van der Waals surface area contributed by atoms with E-state index in [1.54, 1.807) is 0 Å². The minimum atomic E-state index is 0.649. The maximum Gasteiger partial charge on any atom is 0.186 e. The Morgan fingerprint density at radius 2 is 2.18 bits per heavy atom. The molecule has 1 atom stereocenters. The van der Waals surface area contributed by atoms with E-state index in [0.29, 0.717) is 6.04 Å². The van der Waals surface area contributed by atoms with Gasteiger partial charge in [0.1, 0.15) is 0 Å². The van der Waals surface area contributed by atoms with E-state index in [1.807, 2.05) is 29.3 Å². The van der Waals surface area contributed by atoms with Crippen LogP contribution in [0.5, 0.6) is 0 Å². The number of aromatic nitrogens is 3. The molecule has 1 saturated heterocycles. The van der Waals surface area contributed by atoms with Crippen molar-refractivity contribution in [3.8, 4) is 10.6 Å². The summed E-state index contributed by atoms with van der Waals surface area (Å²) in [6.07, 6.45) is 6.64. The van der Waals surface area contributed by atoms with Gasteiger partial charge in [-0.3, -0.25) is 4.68 Å². The van der Waals surface area contributed by atoms with Gasteiger partial charge in [-0.15, -0.1) is 0 Å². The molecule has 1 aliphatic carbocycles. The second-order valence-corrected chi connectivity index (χ2v) is 7.60. The number of nitrogens with zero attached hydrogens (tertiary/aromatic N) is 5. The number of fused-ring (bicyclic) bond motifs is 3. The number of likely N-dealkylation sites (N-methyl/N-ethyl adjacent to an activating group) is 1. The molecule has 0 radical (unpaired) electrons. The van der Waals surface area contributed by atoms with E-state index in [9.17, 15) is 0 Å². The molecule has 1 unspecified atom stereocenters. The van der Waals surface area contributed by atoms with Crippen LogP contribution in [0.3, 0.4) is 0 Å². The van der Waals surface area contributed by atoms with E-state index >= 15 is 0 Å². The third-order valence-corrected chi connectivity index (χ3v) is 6.10. The zero-order chi connectivity index (χ0) is 15.3. The van der Waals surface area contributed by atoms with Crippen molar-refractivity contribution in [2.24, 2.45) is 7.05 Å². The van der Waals surface area contributed by atoms with Crippen molar-refractivity contribution >= 4 is 16.5 Å². The molecule has 1 fully saturated rings. The van der Waals surface area contributed by atoms with Gasteiger partial charge in [0.15, 0.2) is 5.13 Å². The highest BCUT2D eigenvalue weighted by Crippen LogP contribution is 2.40. The highest BCUT2D eigenvalue weighted by molar-refractivity contribution is 7.19. The van der Waals surface area contributed by atoms with E-state index < -0.39 is 0 Å². The molecule has 0 spiro atoms. The van der Waals surface area contributed by atoms with Gasteiger partial charge in [-0.05, 0) is 45.3 Å². The monoisotopic (exact) mass is 317 g/mol. The predicted molar refractivity (Wildman–Crippen MR) is 90.6 cm³/mol. The molecule has 4 rings (SSSR count). The van der Waals surface area contributed by atoms with Crippen molar-refractivity contribution in [1.82, 2.24) is 19.7 Å². The van der Waals surface area contributed by atoms with E-state index in [4.69, 9.17) is 4.98 Å². The lowest BCUT2D eigenvalue weighted by Crippen LogP contribution is -2.31. The van der Waals surface area contributed by atoms with Gasteiger partial charge in [0.05, 0.1) is 22.5 Å². The highest BCUT2D eigenvalue weighted by atomic mass is 32.1. The summed E-state index contributed by atoms with van der Waals surface area (Å²) in [5, 5.41) is 5.65. The molecule has 2 aromatic heterocycles. The van der Waals surface area contributed by atoms with Crippen LogP contribution >= 0.6 is 11.3 Å². The second kappa shape index (κ2) is 5.35. The lowest BCUT2D eigenvalue weighted by atomic mass is 10.1. The maximum absolute atomic E-state index is 4.99. The zero-order valence-corrected chi connectivity index (χ0v) is 14.4. The maximum atomic E-state index is 4.99. The third-order valence-electron chi connectivity index (χ3n) is 4.94. The summed E-state index contributed by atoms with van der Waals surface area (Å²) >= 11 is 1.86. The molecule has 0 aromatic carbocycles. The molecule has 0 bridgehead atoms. The summed E-state index contributed by atoms with van der Waals surface area (Å²) < 4.78 is 2.02. The molecule has 3 heterocycles. The largest absolute Gasteiger partial charge is 0.346 e. The fourth-order valence-corrected chi connectivity index (χ4v) is 4.83. The quantitative estimate of drug-likeness (QED) is 0.851. The van der Waals surface area contributed by atoms with E-state index in [1.165, 1.54) is 39.8 Å². The summed E-state index contributed by atoms with van der Waals surface area (Å²) in [7, 11) is 6.39. The number of hydrogen-bond acceptors (Lipinski definition) is 5. The molecule has 0 saturated carbocycles. The zero-order valence-electron chi connectivity index (χ0n) is 13.5. The first-order chi connectivity index (χ1) is 10.6. The average Bonchev–Trinajstić information content (AvgIpc) is 3.16. The van der Waals surface area contributed by atoms with Gasteiger partial charge in [-0.25, -0.2) is 4.98 Å². The van der Waals surface area contributed by atoms with Gasteiger partial charge in [-0.2, -0.15) is 5.10 Å². The van der Waals surface area contributed by atoms with E-state index in [-0.39, 0.29) is 0 Å². The van der Waals surface area contributed by atoms with Gasteiger partial charge < -0.3 is 9.80 Å². The molecule has 1 aliphatic heterocycles. The van der Waals surface area contributed by atoms with Crippen LogP contribution in [0.4, 0.5) is 5.13 Å². The van der Waals surface area contributed by atoms with Crippen LogP contribution in [0.1, 0.15) is 24.1 Å². The minimum Gasteiger partial charge on any atom is -0.346 e. The molecular formula is C16H23N5S. The molecule has 118 valence electrons. The van der Waals surface area contributed by atoms with Gasteiger partial charge in [0.2, 0.25) is 0 Å². The van der Waals surface area contributed by atoms with Gasteiger partial charge in [-0.1, -0.05) is 11.3 Å². The first-order valence-electron chi connectivity index (χ1n) is 8.06. The molecule has 2 aromatic rings. The first kappa shape index (κ1) is 14.2. The number of hydrogen-bond donors (Lipinski definition) is 0. The number of thiazole rings is 1. The van der Waals surface area contributed by atoms with Crippen molar-refractivity contribution < 1.29 is 0 Å². The van der Waals surface area contributed by atoms with Crippen molar-refractivity contribution in [1.29, 1.82) is 0 Å². The van der Waals surface area contributed by atoms with Gasteiger partial charge in [0, 0.05) is 26.2 Å². The summed E-state index contributed by atoms with van der Waals surface area (Å²) in [4.78, 5) is 11.1.